The number of phenolic OH excluding ortho intramolecular Hbond substituents is 1. The molecule has 0 aliphatic heterocycles. The summed E-state index contributed by atoms with van der Waals surface area (Å²) in [6.07, 6.45) is 0. The zero-order valence-corrected chi connectivity index (χ0v) is 12.2. The number of fused-ring (bicyclic) bond motifs is 1. The van der Waals surface area contributed by atoms with E-state index in [-0.39, 0.29) is 11.7 Å². The maximum Gasteiger partial charge on any atom is 0.317 e. The summed E-state index contributed by atoms with van der Waals surface area (Å²) in [7, 11) is 1.39. The van der Waals surface area contributed by atoms with Crippen LogP contribution in [-0.4, -0.2) is 18.2 Å². The summed E-state index contributed by atoms with van der Waals surface area (Å²) in [5.41, 5.74) is 1.66. The molecule has 110 valence electrons. The molecular formula is C19H16O3. The number of aromatic hydroxyl groups is 1. The Bertz CT molecular complexity index is 806. The van der Waals surface area contributed by atoms with E-state index in [4.69, 9.17) is 4.74 Å². The number of carbonyl (C=O) groups is 1. The van der Waals surface area contributed by atoms with Crippen molar-refractivity contribution in [2.75, 3.05) is 7.11 Å². The van der Waals surface area contributed by atoms with Crippen LogP contribution in [0.5, 0.6) is 5.75 Å². The normalized spacial score (nSPS) is 12.0. The summed E-state index contributed by atoms with van der Waals surface area (Å²) in [5.74, 6) is -0.651. The fourth-order valence-corrected chi connectivity index (χ4v) is 2.64. The van der Waals surface area contributed by atoms with Gasteiger partial charge in [0.1, 0.15) is 11.7 Å². The van der Waals surface area contributed by atoms with E-state index in [0.717, 1.165) is 21.9 Å². The monoisotopic (exact) mass is 292 g/mol. The molecule has 1 unspecified atom stereocenters. The van der Waals surface area contributed by atoms with Gasteiger partial charge < -0.3 is 9.84 Å². The van der Waals surface area contributed by atoms with Crippen LogP contribution < -0.4 is 0 Å². The van der Waals surface area contributed by atoms with Crippen LogP contribution in [0.25, 0.3) is 10.8 Å². The molecule has 3 rings (SSSR count). The number of methoxy groups -OCH3 is 1. The quantitative estimate of drug-likeness (QED) is 0.746. The summed E-state index contributed by atoms with van der Waals surface area (Å²) in [4.78, 5) is 12.2. The van der Waals surface area contributed by atoms with Gasteiger partial charge in [0, 0.05) is 0 Å². The van der Waals surface area contributed by atoms with E-state index in [1.807, 2.05) is 42.5 Å². The molecule has 3 aromatic rings. The smallest absolute Gasteiger partial charge is 0.317 e. The van der Waals surface area contributed by atoms with E-state index in [9.17, 15) is 9.90 Å². The third-order valence-electron chi connectivity index (χ3n) is 3.77. The third kappa shape index (κ3) is 2.66. The molecule has 1 atom stereocenters. The molecule has 0 radical (unpaired) electrons. The SMILES string of the molecule is COC(=O)C(c1ccc(O)cc1)c1ccc2ccccc2c1. The van der Waals surface area contributed by atoms with Gasteiger partial charge >= 0.3 is 5.97 Å². The summed E-state index contributed by atoms with van der Waals surface area (Å²) in [5, 5.41) is 11.6. The number of ether oxygens (including phenoxy) is 1. The van der Waals surface area contributed by atoms with Crippen LogP contribution >= 0.6 is 0 Å². The highest BCUT2D eigenvalue weighted by Gasteiger charge is 2.23. The van der Waals surface area contributed by atoms with Crippen LogP contribution in [0, 0.1) is 0 Å². The Morgan fingerprint density at radius 3 is 2.23 bits per heavy atom. The van der Waals surface area contributed by atoms with Gasteiger partial charge in [0.2, 0.25) is 0 Å². The van der Waals surface area contributed by atoms with Crippen molar-refractivity contribution in [1.29, 1.82) is 0 Å². The van der Waals surface area contributed by atoms with E-state index in [2.05, 4.69) is 0 Å². The van der Waals surface area contributed by atoms with Crippen molar-refractivity contribution in [2.24, 2.45) is 0 Å². The molecular weight excluding hydrogens is 276 g/mol. The molecule has 0 aromatic heterocycles. The molecule has 0 spiro atoms. The molecule has 0 fully saturated rings. The fraction of sp³-hybridized carbons (Fsp3) is 0.105. The molecule has 3 aromatic carbocycles. The van der Waals surface area contributed by atoms with E-state index < -0.39 is 5.92 Å². The van der Waals surface area contributed by atoms with E-state index in [1.165, 1.54) is 7.11 Å². The van der Waals surface area contributed by atoms with Gasteiger partial charge in [0.15, 0.2) is 0 Å². The number of rotatable bonds is 3. The third-order valence-corrected chi connectivity index (χ3v) is 3.77. The minimum absolute atomic E-state index is 0.172. The molecule has 0 heterocycles. The highest BCUT2D eigenvalue weighted by molar-refractivity contribution is 5.87. The van der Waals surface area contributed by atoms with Crippen LogP contribution in [-0.2, 0) is 9.53 Å². The standard InChI is InChI=1S/C19H16O3/c1-22-19(21)18(14-8-10-17(20)11-9-14)16-7-6-13-4-2-3-5-15(13)12-16/h2-12,18,20H,1H3. The Kier molecular flexibility index (Phi) is 3.79. The summed E-state index contributed by atoms with van der Waals surface area (Å²) in [6.45, 7) is 0. The van der Waals surface area contributed by atoms with Crippen molar-refractivity contribution in [2.45, 2.75) is 5.92 Å². The average Bonchev–Trinajstić information content (AvgIpc) is 2.56. The van der Waals surface area contributed by atoms with Crippen LogP contribution in [0.4, 0.5) is 0 Å². The van der Waals surface area contributed by atoms with Crippen molar-refractivity contribution < 1.29 is 14.6 Å². The number of benzene rings is 3. The van der Waals surface area contributed by atoms with Gasteiger partial charge in [-0.25, -0.2) is 0 Å². The summed E-state index contributed by atoms with van der Waals surface area (Å²) < 4.78 is 4.96. The average molecular weight is 292 g/mol. The number of carbonyl (C=O) groups excluding carboxylic acids is 1. The van der Waals surface area contributed by atoms with Gasteiger partial charge in [0.25, 0.3) is 0 Å². The molecule has 0 saturated carbocycles. The van der Waals surface area contributed by atoms with E-state index in [0.29, 0.717) is 0 Å². The molecule has 0 aliphatic rings. The first-order chi connectivity index (χ1) is 10.7. The van der Waals surface area contributed by atoms with Gasteiger partial charge in [-0.1, -0.05) is 48.5 Å². The van der Waals surface area contributed by atoms with Crippen molar-refractivity contribution in [3.63, 3.8) is 0 Å². The Morgan fingerprint density at radius 1 is 0.909 bits per heavy atom. The number of hydrogen-bond donors (Lipinski definition) is 1. The first-order valence-electron chi connectivity index (χ1n) is 7.04. The molecule has 1 N–H and O–H groups in total. The van der Waals surface area contributed by atoms with Crippen molar-refractivity contribution >= 4 is 16.7 Å². The van der Waals surface area contributed by atoms with E-state index >= 15 is 0 Å². The highest BCUT2D eigenvalue weighted by atomic mass is 16.5. The lowest BCUT2D eigenvalue weighted by Crippen LogP contribution is -2.15. The largest absolute Gasteiger partial charge is 0.508 e. The Labute approximate surface area is 128 Å². The summed E-state index contributed by atoms with van der Waals surface area (Å²) in [6, 6.07) is 20.6. The lowest BCUT2D eigenvalue weighted by molar-refractivity contribution is -0.141. The molecule has 22 heavy (non-hydrogen) atoms. The first-order valence-corrected chi connectivity index (χ1v) is 7.04. The Hall–Kier alpha value is -2.81. The minimum atomic E-state index is -0.504. The first kappa shape index (κ1) is 14.1. The topological polar surface area (TPSA) is 46.5 Å². The van der Waals surface area contributed by atoms with Gasteiger partial charge in [-0.3, -0.25) is 4.79 Å². The fourth-order valence-electron chi connectivity index (χ4n) is 2.64. The number of phenols is 1. The summed E-state index contributed by atoms with van der Waals surface area (Å²) >= 11 is 0. The van der Waals surface area contributed by atoms with Crippen molar-refractivity contribution in [1.82, 2.24) is 0 Å². The zero-order chi connectivity index (χ0) is 15.5. The van der Waals surface area contributed by atoms with Crippen LogP contribution in [0.15, 0.2) is 66.7 Å². The molecule has 0 aliphatic carbocycles. The number of esters is 1. The molecule has 0 saturated heterocycles. The van der Waals surface area contributed by atoms with Crippen LogP contribution in [0.1, 0.15) is 17.0 Å². The molecule has 3 nitrogen and oxygen atoms in total. The Balaban J connectivity index is 2.11. The second kappa shape index (κ2) is 5.90. The van der Waals surface area contributed by atoms with Gasteiger partial charge in [-0.05, 0) is 40.1 Å². The number of hydrogen-bond acceptors (Lipinski definition) is 3. The molecule has 3 heteroatoms. The second-order valence-electron chi connectivity index (χ2n) is 5.15. The molecule has 0 bridgehead atoms. The van der Waals surface area contributed by atoms with Crippen molar-refractivity contribution in [3.8, 4) is 5.75 Å². The Morgan fingerprint density at radius 2 is 1.55 bits per heavy atom. The van der Waals surface area contributed by atoms with Gasteiger partial charge in [0.05, 0.1) is 7.11 Å². The van der Waals surface area contributed by atoms with Gasteiger partial charge in [-0.2, -0.15) is 0 Å². The second-order valence-corrected chi connectivity index (χ2v) is 5.15. The minimum Gasteiger partial charge on any atom is -0.508 e. The lowest BCUT2D eigenvalue weighted by atomic mass is 9.90. The zero-order valence-electron chi connectivity index (χ0n) is 12.2. The van der Waals surface area contributed by atoms with Crippen LogP contribution in [0.2, 0.25) is 0 Å². The molecule has 0 amide bonds. The van der Waals surface area contributed by atoms with E-state index in [1.54, 1.807) is 24.3 Å². The predicted octanol–water partition coefficient (Wildman–Crippen LogP) is 3.85. The maximum absolute atomic E-state index is 12.2. The predicted molar refractivity (Wildman–Crippen MR) is 85.9 cm³/mol. The highest BCUT2D eigenvalue weighted by Crippen LogP contribution is 2.29. The van der Waals surface area contributed by atoms with Crippen LogP contribution in [0.3, 0.4) is 0 Å². The van der Waals surface area contributed by atoms with Crippen molar-refractivity contribution in [3.05, 3.63) is 77.9 Å². The van der Waals surface area contributed by atoms with Gasteiger partial charge in [-0.15, -0.1) is 0 Å². The lowest BCUT2D eigenvalue weighted by Gasteiger charge is -2.16. The maximum atomic E-state index is 12.2.